The molecule has 1 aromatic rings. The minimum atomic E-state index is -3.28. The zero-order valence-electron chi connectivity index (χ0n) is 11.1. The number of aromatic nitrogens is 1. The second-order valence-corrected chi connectivity index (χ2v) is 7.53. The fraction of sp³-hybridized carbons (Fsp3) is 0.583. The second-order valence-electron chi connectivity index (χ2n) is 5.00. The molecule has 0 N–H and O–H groups in total. The van der Waals surface area contributed by atoms with Gasteiger partial charge >= 0.3 is 0 Å². The molecule has 106 valence electrons. The molecule has 1 aromatic heterocycles. The SMILES string of the molecule is CN(C)S(=O)(=O)N1CC[C@H](Cc2ccc(Cl)nc2)C1. The first-order valence-electron chi connectivity index (χ1n) is 6.17. The van der Waals surface area contributed by atoms with E-state index < -0.39 is 10.2 Å². The Kier molecular flexibility index (Phi) is 4.45. The van der Waals surface area contributed by atoms with E-state index in [0.29, 0.717) is 24.2 Å². The number of hydrogen-bond donors (Lipinski definition) is 0. The van der Waals surface area contributed by atoms with Crippen molar-refractivity contribution in [3.63, 3.8) is 0 Å². The maximum absolute atomic E-state index is 12.0. The Bertz CT molecular complexity index is 530. The summed E-state index contributed by atoms with van der Waals surface area (Å²) in [5.41, 5.74) is 1.10. The highest BCUT2D eigenvalue weighted by Crippen LogP contribution is 2.24. The second kappa shape index (κ2) is 5.75. The van der Waals surface area contributed by atoms with Crippen LogP contribution in [0.25, 0.3) is 0 Å². The van der Waals surface area contributed by atoms with Crippen molar-refractivity contribution >= 4 is 21.8 Å². The summed E-state index contributed by atoms with van der Waals surface area (Å²) in [5.74, 6) is 0.345. The van der Waals surface area contributed by atoms with E-state index in [9.17, 15) is 8.42 Å². The van der Waals surface area contributed by atoms with Crippen molar-refractivity contribution in [3.05, 3.63) is 29.0 Å². The molecule has 0 bridgehead atoms. The maximum Gasteiger partial charge on any atom is 0.281 e. The van der Waals surface area contributed by atoms with E-state index in [0.717, 1.165) is 18.4 Å². The standard InChI is InChI=1S/C12H18ClN3O2S/c1-15(2)19(17,18)16-6-5-11(9-16)7-10-3-4-12(13)14-8-10/h3-4,8,11H,5-7,9H2,1-2H3/t11-/m1/s1. The summed E-state index contributed by atoms with van der Waals surface area (Å²) in [4.78, 5) is 4.04. The molecule has 5 nitrogen and oxygen atoms in total. The zero-order valence-corrected chi connectivity index (χ0v) is 12.7. The number of rotatable bonds is 4. The van der Waals surface area contributed by atoms with Crippen molar-refractivity contribution < 1.29 is 8.42 Å². The molecule has 2 rings (SSSR count). The van der Waals surface area contributed by atoms with Crippen LogP contribution < -0.4 is 0 Å². The Morgan fingerprint density at radius 1 is 1.47 bits per heavy atom. The molecular formula is C12H18ClN3O2S. The summed E-state index contributed by atoms with van der Waals surface area (Å²) >= 11 is 5.74. The first-order valence-corrected chi connectivity index (χ1v) is 7.95. The molecule has 0 radical (unpaired) electrons. The molecular weight excluding hydrogens is 286 g/mol. The van der Waals surface area contributed by atoms with Gasteiger partial charge in [-0.3, -0.25) is 0 Å². The number of nitrogens with zero attached hydrogens (tertiary/aromatic N) is 3. The van der Waals surface area contributed by atoms with Gasteiger partial charge < -0.3 is 0 Å². The number of halogens is 1. The summed E-state index contributed by atoms with van der Waals surface area (Å²) in [6.45, 7) is 1.16. The maximum atomic E-state index is 12.0. The van der Waals surface area contributed by atoms with Gasteiger partial charge in [0, 0.05) is 33.4 Å². The highest BCUT2D eigenvalue weighted by atomic mass is 35.5. The molecule has 0 amide bonds. The quantitative estimate of drug-likeness (QED) is 0.790. The van der Waals surface area contributed by atoms with Crippen molar-refractivity contribution in [1.29, 1.82) is 0 Å². The van der Waals surface area contributed by atoms with Crippen LogP contribution in [0.3, 0.4) is 0 Å². The van der Waals surface area contributed by atoms with Gasteiger partial charge in [0.25, 0.3) is 10.2 Å². The smallest absolute Gasteiger partial charge is 0.244 e. The van der Waals surface area contributed by atoms with Crippen molar-refractivity contribution in [2.24, 2.45) is 5.92 Å². The number of pyridine rings is 1. The van der Waals surface area contributed by atoms with Crippen molar-refractivity contribution in [2.75, 3.05) is 27.2 Å². The van der Waals surface area contributed by atoms with Gasteiger partial charge in [0.05, 0.1) is 0 Å². The van der Waals surface area contributed by atoms with Gasteiger partial charge in [-0.25, -0.2) is 4.98 Å². The fourth-order valence-electron chi connectivity index (χ4n) is 2.26. The summed E-state index contributed by atoms with van der Waals surface area (Å²) in [5, 5.41) is 0.479. The van der Waals surface area contributed by atoms with E-state index in [4.69, 9.17) is 11.6 Å². The van der Waals surface area contributed by atoms with Gasteiger partial charge in [-0.2, -0.15) is 17.0 Å². The lowest BCUT2D eigenvalue weighted by atomic mass is 10.0. The molecule has 1 saturated heterocycles. The van der Waals surface area contributed by atoms with E-state index >= 15 is 0 Å². The Balaban J connectivity index is 1.98. The molecule has 1 aliphatic rings. The third-order valence-corrected chi connectivity index (χ3v) is 5.48. The lowest BCUT2D eigenvalue weighted by Crippen LogP contribution is -2.38. The monoisotopic (exact) mass is 303 g/mol. The molecule has 7 heteroatoms. The van der Waals surface area contributed by atoms with Crippen molar-refractivity contribution in [2.45, 2.75) is 12.8 Å². The van der Waals surface area contributed by atoms with Crippen LogP contribution in [-0.2, 0) is 16.6 Å². The zero-order chi connectivity index (χ0) is 14.0. The summed E-state index contributed by atoms with van der Waals surface area (Å²) < 4.78 is 26.8. The fourth-order valence-corrected chi connectivity index (χ4v) is 3.57. The average Bonchev–Trinajstić information content (AvgIpc) is 2.81. The van der Waals surface area contributed by atoms with E-state index in [1.807, 2.05) is 6.07 Å². The normalized spacial score (nSPS) is 21.2. The molecule has 0 aliphatic carbocycles. The minimum Gasteiger partial charge on any atom is -0.244 e. The Morgan fingerprint density at radius 3 is 2.79 bits per heavy atom. The Labute approximate surface area is 119 Å². The van der Waals surface area contributed by atoms with Gasteiger partial charge in [0.1, 0.15) is 5.15 Å². The van der Waals surface area contributed by atoms with Crippen LogP contribution in [0.5, 0.6) is 0 Å². The molecule has 0 unspecified atom stereocenters. The minimum absolute atomic E-state index is 0.345. The van der Waals surface area contributed by atoms with Crippen LogP contribution in [0.1, 0.15) is 12.0 Å². The highest BCUT2D eigenvalue weighted by Gasteiger charge is 2.32. The van der Waals surface area contributed by atoms with Gasteiger partial charge in [-0.1, -0.05) is 17.7 Å². The summed E-state index contributed by atoms with van der Waals surface area (Å²) in [6.07, 6.45) is 3.48. The first kappa shape index (κ1) is 14.7. The van der Waals surface area contributed by atoms with Gasteiger partial charge in [-0.15, -0.1) is 0 Å². The third-order valence-electron chi connectivity index (χ3n) is 3.35. The van der Waals surface area contributed by atoms with Crippen molar-refractivity contribution in [3.8, 4) is 0 Å². The van der Waals surface area contributed by atoms with E-state index in [1.54, 1.807) is 30.7 Å². The molecule has 1 atom stereocenters. The predicted molar refractivity (Wildman–Crippen MR) is 75.2 cm³/mol. The largest absolute Gasteiger partial charge is 0.281 e. The molecule has 0 saturated carbocycles. The van der Waals surface area contributed by atoms with Crippen molar-refractivity contribution in [1.82, 2.24) is 13.6 Å². The van der Waals surface area contributed by atoms with Crippen LogP contribution in [0.4, 0.5) is 0 Å². The van der Waals surface area contributed by atoms with Gasteiger partial charge in [-0.05, 0) is 30.4 Å². The van der Waals surface area contributed by atoms with E-state index in [2.05, 4.69) is 4.98 Å². The Hall–Kier alpha value is -0.690. The van der Waals surface area contributed by atoms with Gasteiger partial charge in [0.15, 0.2) is 0 Å². The average molecular weight is 304 g/mol. The first-order chi connectivity index (χ1) is 8.89. The molecule has 19 heavy (non-hydrogen) atoms. The van der Waals surface area contributed by atoms with E-state index in [1.165, 1.54) is 4.31 Å². The summed E-state index contributed by atoms with van der Waals surface area (Å²) in [7, 11) is -0.156. The van der Waals surface area contributed by atoms with Crippen LogP contribution in [-0.4, -0.2) is 49.2 Å². The van der Waals surface area contributed by atoms with Gasteiger partial charge in [0.2, 0.25) is 0 Å². The van der Waals surface area contributed by atoms with Crippen LogP contribution >= 0.6 is 11.6 Å². The molecule has 0 aromatic carbocycles. The molecule has 0 spiro atoms. The summed E-state index contributed by atoms with van der Waals surface area (Å²) in [6, 6.07) is 3.71. The molecule has 1 fully saturated rings. The predicted octanol–water partition coefficient (Wildman–Crippen LogP) is 1.41. The van der Waals surface area contributed by atoms with E-state index in [-0.39, 0.29) is 0 Å². The van der Waals surface area contributed by atoms with Crippen LogP contribution in [0, 0.1) is 5.92 Å². The topological polar surface area (TPSA) is 53.5 Å². The number of hydrogen-bond acceptors (Lipinski definition) is 3. The van der Waals surface area contributed by atoms with Crippen LogP contribution in [0.2, 0.25) is 5.15 Å². The lowest BCUT2D eigenvalue weighted by molar-refractivity contribution is 0.409. The highest BCUT2D eigenvalue weighted by molar-refractivity contribution is 7.86. The van der Waals surface area contributed by atoms with Crippen LogP contribution in [0.15, 0.2) is 18.3 Å². The molecule has 1 aliphatic heterocycles. The lowest BCUT2D eigenvalue weighted by Gasteiger charge is -2.20. The third kappa shape index (κ3) is 3.45. The Morgan fingerprint density at radius 2 is 2.21 bits per heavy atom. The molecule has 2 heterocycles.